The Morgan fingerprint density at radius 3 is 2.36 bits per heavy atom. The van der Waals surface area contributed by atoms with E-state index in [0.717, 1.165) is 24.0 Å². The van der Waals surface area contributed by atoms with Crippen LogP contribution in [0.2, 0.25) is 10.0 Å². The average Bonchev–Trinajstić information content (AvgIpc) is 3.98. The van der Waals surface area contributed by atoms with Crippen molar-refractivity contribution in [3.05, 3.63) is 106 Å². The molecule has 3 aromatic carbocycles. The number of rotatable bonds is 11. The predicted octanol–water partition coefficient (Wildman–Crippen LogP) is 5.69. The fourth-order valence-electron chi connectivity index (χ4n) is 6.44. The third-order valence-electron chi connectivity index (χ3n) is 9.14. The second-order valence-corrected chi connectivity index (χ2v) is 15.4. The second-order valence-electron chi connectivity index (χ2n) is 12.4. The first-order valence-corrected chi connectivity index (χ1v) is 17.8. The highest BCUT2D eigenvalue weighted by molar-refractivity contribution is 7.93. The highest BCUT2D eigenvalue weighted by atomic mass is 35.5. The maximum atomic E-state index is 15.4. The van der Waals surface area contributed by atoms with E-state index in [9.17, 15) is 13.2 Å². The van der Waals surface area contributed by atoms with Gasteiger partial charge in [0.15, 0.2) is 5.82 Å². The van der Waals surface area contributed by atoms with Gasteiger partial charge in [0.1, 0.15) is 18.0 Å². The number of carbonyl (C=O) groups excluding carboxylic acids is 1. The Kier molecular flexibility index (Phi) is 8.71. The normalized spacial score (nSPS) is 22.3. The minimum Gasteiger partial charge on any atom is -0.357 e. The first-order valence-electron chi connectivity index (χ1n) is 15.6. The molecule has 14 heteroatoms. The van der Waals surface area contributed by atoms with Gasteiger partial charge in [-0.25, -0.2) is 17.5 Å². The molecule has 10 nitrogen and oxygen atoms in total. The van der Waals surface area contributed by atoms with E-state index in [1.165, 1.54) is 27.2 Å². The molecule has 1 aliphatic heterocycles. The summed E-state index contributed by atoms with van der Waals surface area (Å²) in [5, 5.41) is 12.2. The van der Waals surface area contributed by atoms with E-state index in [4.69, 9.17) is 27.9 Å². The van der Waals surface area contributed by atoms with Gasteiger partial charge in [0.05, 0.1) is 29.6 Å². The molecule has 2 heterocycles. The largest absolute Gasteiger partial charge is 0.357 e. The van der Waals surface area contributed by atoms with Gasteiger partial charge in [0.2, 0.25) is 10.0 Å². The van der Waals surface area contributed by atoms with E-state index < -0.39 is 45.4 Å². The van der Waals surface area contributed by atoms with Gasteiger partial charge >= 0.3 is 0 Å². The van der Waals surface area contributed by atoms with Crippen LogP contribution in [-0.4, -0.2) is 63.4 Å². The Morgan fingerprint density at radius 2 is 1.72 bits per heavy atom. The number of sulfonamides is 1. The third-order valence-corrected chi connectivity index (χ3v) is 11.9. The molecule has 0 spiro atoms. The topological polar surface area (TPSA) is 111 Å². The number of benzene rings is 3. The lowest BCUT2D eigenvalue weighted by Gasteiger charge is -2.49. The summed E-state index contributed by atoms with van der Waals surface area (Å²) in [5.41, 5.74) is 1.46. The molecule has 4 atom stereocenters. The molecular formula is C33H33Cl2FN6O4S. The summed E-state index contributed by atoms with van der Waals surface area (Å²) >= 11 is 12.8. The molecule has 1 aromatic heterocycles. The molecule has 0 bridgehead atoms. The summed E-state index contributed by atoms with van der Waals surface area (Å²) < 4.78 is 52.8. The van der Waals surface area contributed by atoms with Crippen LogP contribution >= 0.6 is 23.2 Å². The monoisotopic (exact) mass is 698 g/mol. The van der Waals surface area contributed by atoms with Crippen LogP contribution in [0.1, 0.15) is 54.8 Å². The van der Waals surface area contributed by atoms with Crippen molar-refractivity contribution in [3.8, 4) is 0 Å². The molecule has 3 fully saturated rings. The molecule has 3 aliphatic rings. The predicted molar refractivity (Wildman–Crippen MR) is 175 cm³/mol. The van der Waals surface area contributed by atoms with Crippen LogP contribution < -0.4 is 4.31 Å². The maximum Gasteiger partial charge on any atom is 0.253 e. The summed E-state index contributed by atoms with van der Waals surface area (Å²) in [6, 6.07) is 19.1. The maximum absolute atomic E-state index is 15.4. The molecule has 2 aliphatic carbocycles. The number of anilines is 1. The van der Waals surface area contributed by atoms with E-state index in [-0.39, 0.29) is 30.5 Å². The second kappa shape index (κ2) is 12.8. The van der Waals surface area contributed by atoms with Crippen LogP contribution in [0.3, 0.4) is 0 Å². The fourth-order valence-corrected chi connectivity index (χ4v) is 8.64. The van der Waals surface area contributed by atoms with Crippen molar-refractivity contribution in [3.63, 3.8) is 0 Å². The highest BCUT2D eigenvalue weighted by Gasteiger charge is 2.52. The number of para-hydroxylation sites is 1. The first kappa shape index (κ1) is 32.0. The summed E-state index contributed by atoms with van der Waals surface area (Å²) in [7, 11) is -2.23. The smallest absolute Gasteiger partial charge is 0.253 e. The minimum atomic E-state index is -3.92. The number of hydrogen-bond acceptors (Lipinski definition) is 7. The summed E-state index contributed by atoms with van der Waals surface area (Å²) in [5.74, 6) is -0.545. The average molecular weight is 700 g/mol. The lowest BCUT2D eigenvalue weighted by atomic mass is 9.89. The number of halogens is 3. The minimum absolute atomic E-state index is 0.0207. The van der Waals surface area contributed by atoms with Gasteiger partial charge in [-0.1, -0.05) is 59.6 Å². The van der Waals surface area contributed by atoms with Crippen LogP contribution in [-0.2, 0) is 33.0 Å². The van der Waals surface area contributed by atoms with Crippen molar-refractivity contribution in [2.24, 2.45) is 13.0 Å². The Hall–Kier alpha value is -3.58. The third kappa shape index (κ3) is 6.48. The van der Waals surface area contributed by atoms with Gasteiger partial charge in [-0.2, -0.15) is 0 Å². The van der Waals surface area contributed by atoms with Gasteiger partial charge in [-0.15, -0.1) is 5.10 Å². The molecule has 7 rings (SSSR count). The molecule has 47 heavy (non-hydrogen) atoms. The lowest BCUT2D eigenvalue weighted by molar-refractivity contribution is -0.180. The lowest BCUT2D eigenvalue weighted by Crippen LogP contribution is -2.59. The number of aromatic nitrogens is 4. The fraction of sp³-hybridized carbons (Fsp3) is 0.394. The SMILES string of the molecule is Cn1nnnc1C[C@@H]1O[C@H](c2cccc(Cl)c2)[C@@H](c2ccc(Cl)cc2)N([C@H](CN(c2ccccc2F)S(=O)(=O)C2CC2)C2CC2)C1=O. The van der Waals surface area contributed by atoms with Crippen molar-refractivity contribution in [2.75, 3.05) is 10.8 Å². The van der Waals surface area contributed by atoms with Crippen LogP contribution in [0.4, 0.5) is 10.1 Å². The molecule has 2 saturated carbocycles. The van der Waals surface area contributed by atoms with Gasteiger partial charge in [-0.05, 0) is 89.6 Å². The van der Waals surface area contributed by atoms with Crippen molar-refractivity contribution in [1.82, 2.24) is 25.1 Å². The Labute approximate surface area is 282 Å². The molecule has 0 unspecified atom stereocenters. The van der Waals surface area contributed by atoms with Crippen molar-refractivity contribution in [2.45, 2.75) is 61.6 Å². The zero-order valence-electron chi connectivity index (χ0n) is 25.5. The van der Waals surface area contributed by atoms with Crippen molar-refractivity contribution >= 4 is 44.8 Å². The first-order chi connectivity index (χ1) is 22.6. The summed E-state index contributed by atoms with van der Waals surface area (Å²) in [6.07, 6.45) is 0.968. The number of tetrazole rings is 1. The Bertz CT molecular complexity index is 1890. The van der Waals surface area contributed by atoms with Gasteiger partial charge < -0.3 is 9.64 Å². The number of amides is 1. The van der Waals surface area contributed by atoms with Crippen molar-refractivity contribution < 1.29 is 22.3 Å². The van der Waals surface area contributed by atoms with Gasteiger partial charge in [-0.3, -0.25) is 9.10 Å². The zero-order valence-corrected chi connectivity index (χ0v) is 27.8. The summed E-state index contributed by atoms with van der Waals surface area (Å²) in [6.45, 7) is -0.110. The van der Waals surface area contributed by atoms with Gasteiger partial charge in [0, 0.05) is 23.5 Å². The zero-order chi connectivity index (χ0) is 32.9. The van der Waals surface area contributed by atoms with Crippen LogP contribution in [0.15, 0.2) is 72.8 Å². The van der Waals surface area contributed by atoms with E-state index in [1.54, 1.807) is 42.3 Å². The number of morpholine rings is 1. The number of ether oxygens (including phenoxy) is 1. The molecule has 1 amide bonds. The number of aryl methyl sites for hydroxylation is 1. The van der Waals surface area contributed by atoms with E-state index >= 15 is 4.39 Å². The van der Waals surface area contributed by atoms with E-state index in [1.807, 2.05) is 24.3 Å². The van der Waals surface area contributed by atoms with Gasteiger partial charge in [0.25, 0.3) is 5.91 Å². The molecule has 0 radical (unpaired) electrons. The molecular weight excluding hydrogens is 666 g/mol. The van der Waals surface area contributed by atoms with E-state index in [0.29, 0.717) is 28.7 Å². The van der Waals surface area contributed by atoms with Crippen LogP contribution in [0.5, 0.6) is 0 Å². The number of hydrogen-bond donors (Lipinski definition) is 0. The summed E-state index contributed by atoms with van der Waals surface area (Å²) in [4.78, 5) is 16.6. The van der Waals surface area contributed by atoms with Crippen LogP contribution in [0, 0.1) is 11.7 Å². The van der Waals surface area contributed by atoms with Crippen LogP contribution in [0.25, 0.3) is 0 Å². The Morgan fingerprint density at radius 1 is 0.979 bits per heavy atom. The molecule has 4 aromatic rings. The standard InChI is InChI=1S/C33H33Cl2FN6O4S/c1-40-30(37-38-39-40)18-29-33(43)42(31(21-11-13-23(34)14-12-21)32(46-29)22-5-4-6-24(35)17-22)28(20-9-10-20)19-41(47(44,45)25-15-16-25)27-8-3-2-7-26(27)36/h2-8,11-14,17,20,25,28-29,31-32H,9-10,15-16,18-19H2,1H3/t28-,29+,31-,32-/m1/s1. The number of carbonyl (C=O) groups is 1. The molecule has 0 N–H and O–H groups in total. The quantitative estimate of drug-likeness (QED) is 0.198. The van der Waals surface area contributed by atoms with Crippen molar-refractivity contribution in [1.29, 1.82) is 0 Å². The highest BCUT2D eigenvalue weighted by Crippen LogP contribution is 2.49. The molecule has 1 saturated heterocycles. The Balaban J connectivity index is 1.38. The van der Waals surface area contributed by atoms with E-state index in [2.05, 4.69) is 15.5 Å². The number of nitrogens with zero attached hydrogens (tertiary/aromatic N) is 6. The molecule has 246 valence electrons.